The van der Waals surface area contributed by atoms with E-state index in [9.17, 15) is 4.79 Å². The first-order chi connectivity index (χ1) is 10.0. The second-order valence-corrected chi connectivity index (χ2v) is 5.12. The number of hydrogen-bond donors (Lipinski definition) is 1. The van der Waals surface area contributed by atoms with Crippen molar-refractivity contribution in [2.45, 2.75) is 19.8 Å². The Balaban J connectivity index is 3.15. The maximum absolute atomic E-state index is 11.1. The maximum atomic E-state index is 11.1. The minimum atomic E-state index is -0.768. The predicted molar refractivity (Wildman–Crippen MR) is 83.9 cm³/mol. The summed E-state index contributed by atoms with van der Waals surface area (Å²) in [5.74, 6) is 0.352. The summed E-state index contributed by atoms with van der Waals surface area (Å²) >= 11 is 3.41. The monoisotopic (exact) mass is 352 g/mol. The lowest BCUT2D eigenvalue weighted by Gasteiger charge is -2.13. The summed E-state index contributed by atoms with van der Waals surface area (Å²) in [5, 5.41) is 8.86. The molecule has 0 bridgehead atoms. The van der Waals surface area contributed by atoms with Crippen LogP contribution in [0.1, 0.15) is 25.3 Å². The fourth-order valence-corrected chi connectivity index (χ4v) is 2.18. The van der Waals surface area contributed by atoms with Gasteiger partial charge in [0.1, 0.15) is 11.6 Å². The number of primary amides is 1. The molecule has 2 N–H and O–H groups in total. The molecule has 5 nitrogen and oxygen atoms in total. The highest BCUT2D eigenvalue weighted by molar-refractivity contribution is 9.10. The molecule has 112 valence electrons. The predicted octanol–water partition coefficient (Wildman–Crippen LogP) is 3.03. The first kappa shape index (κ1) is 17.1. The van der Waals surface area contributed by atoms with Crippen LogP contribution in [-0.4, -0.2) is 19.6 Å². The van der Waals surface area contributed by atoms with Crippen LogP contribution < -0.4 is 15.2 Å². The Bertz CT molecular complexity index is 591. The van der Waals surface area contributed by atoms with E-state index >= 15 is 0 Å². The van der Waals surface area contributed by atoms with Crippen LogP contribution in [0.4, 0.5) is 0 Å². The number of halogens is 1. The largest absolute Gasteiger partial charge is 0.493 e. The van der Waals surface area contributed by atoms with Crippen LogP contribution in [0, 0.1) is 11.3 Å². The number of carbonyl (C=O) groups is 1. The molecular weight excluding hydrogens is 336 g/mol. The summed E-state index contributed by atoms with van der Waals surface area (Å²) < 4.78 is 11.7. The molecule has 0 radical (unpaired) electrons. The van der Waals surface area contributed by atoms with Crippen LogP contribution in [0.25, 0.3) is 6.08 Å². The molecule has 0 saturated carbocycles. The van der Waals surface area contributed by atoms with Gasteiger partial charge in [0.15, 0.2) is 11.5 Å². The number of nitriles is 1. The molecule has 21 heavy (non-hydrogen) atoms. The van der Waals surface area contributed by atoms with E-state index in [4.69, 9.17) is 20.5 Å². The van der Waals surface area contributed by atoms with Crippen molar-refractivity contribution in [2.24, 2.45) is 5.73 Å². The molecule has 1 amide bonds. The van der Waals surface area contributed by atoms with Crippen LogP contribution in [0.5, 0.6) is 11.5 Å². The molecule has 1 aromatic carbocycles. The van der Waals surface area contributed by atoms with Crippen LogP contribution in [0.2, 0.25) is 0 Å². The number of nitrogens with two attached hydrogens (primary N) is 1. The Morgan fingerprint density at radius 3 is 2.76 bits per heavy atom. The first-order valence-corrected chi connectivity index (χ1v) is 7.24. The van der Waals surface area contributed by atoms with E-state index in [1.807, 2.05) is 0 Å². The average Bonchev–Trinajstić information content (AvgIpc) is 2.46. The maximum Gasteiger partial charge on any atom is 0.259 e. The van der Waals surface area contributed by atoms with Gasteiger partial charge in [0, 0.05) is 0 Å². The molecule has 0 fully saturated rings. The van der Waals surface area contributed by atoms with Crippen molar-refractivity contribution in [3.63, 3.8) is 0 Å². The Labute approximate surface area is 132 Å². The standard InChI is InChI=1S/C15H17BrN2O3/c1-3-4-5-21-14-12(16)7-10(8-13(14)20-2)6-11(9-17)15(18)19/h6-8H,3-5H2,1-2H3,(H2,18,19)/b11-6+. The van der Waals surface area contributed by atoms with E-state index in [0.29, 0.717) is 28.1 Å². The lowest BCUT2D eigenvalue weighted by molar-refractivity contribution is -0.114. The third-order valence-corrected chi connectivity index (χ3v) is 3.28. The fourth-order valence-electron chi connectivity index (χ4n) is 1.61. The Morgan fingerprint density at radius 1 is 1.52 bits per heavy atom. The molecule has 1 aromatic rings. The number of rotatable bonds is 7. The van der Waals surface area contributed by atoms with Gasteiger partial charge in [0.2, 0.25) is 0 Å². The summed E-state index contributed by atoms with van der Waals surface area (Å²) in [4.78, 5) is 11.1. The molecule has 0 unspecified atom stereocenters. The lowest BCUT2D eigenvalue weighted by atomic mass is 10.1. The van der Waals surface area contributed by atoms with Gasteiger partial charge in [0.25, 0.3) is 5.91 Å². The van der Waals surface area contributed by atoms with E-state index < -0.39 is 5.91 Å². The van der Waals surface area contributed by atoms with Gasteiger partial charge >= 0.3 is 0 Å². The smallest absolute Gasteiger partial charge is 0.259 e. The number of unbranched alkanes of at least 4 members (excludes halogenated alkanes) is 1. The van der Waals surface area contributed by atoms with Crippen LogP contribution in [0.15, 0.2) is 22.2 Å². The highest BCUT2D eigenvalue weighted by Crippen LogP contribution is 2.37. The zero-order valence-electron chi connectivity index (χ0n) is 12.0. The fraction of sp³-hybridized carbons (Fsp3) is 0.333. The minimum absolute atomic E-state index is 0.122. The quantitative estimate of drug-likeness (QED) is 0.464. The van der Waals surface area contributed by atoms with E-state index in [1.54, 1.807) is 18.2 Å². The third-order valence-electron chi connectivity index (χ3n) is 2.69. The molecule has 0 saturated heterocycles. The molecule has 0 aromatic heterocycles. The molecule has 0 aliphatic carbocycles. The van der Waals surface area contributed by atoms with Crippen molar-refractivity contribution in [2.75, 3.05) is 13.7 Å². The van der Waals surface area contributed by atoms with Gasteiger partial charge < -0.3 is 15.2 Å². The van der Waals surface area contributed by atoms with Gasteiger partial charge in [-0.3, -0.25) is 4.79 Å². The average molecular weight is 353 g/mol. The number of nitrogens with zero attached hydrogens (tertiary/aromatic N) is 1. The van der Waals surface area contributed by atoms with Gasteiger partial charge in [-0.1, -0.05) is 13.3 Å². The molecule has 0 spiro atoms. The van der Waals surface area contributed by atoms with Gasteiger partial charge in [-0.2, -0.15) is 5.26 Å². The highest BCUT2D eigenvalue weighted by Gasteiger charge is 2.12. The van der Waals surface area contributed by atoms with Crippen LogP contribution in [0.3, 0.4) is 0 Å². The minimum Gasteiger partial charge on any atom is -0.493 e. The molecule has 0 aliphatic heterocycles. The highest BCUT2D eigenvalue weighted by atomic mass is 79.9. The SMILES string of the molecule is CCCCOc1c(Br)cc(/C=C(\C#N)C(N)=O)cc1OC. The zero-order valence-corrected chi connectivity index (χ0v) is 13.6. The van der Waals surface area contributed by atoms with Crippen molar-refractivity contribution in [1.29, 1.82) is 5.26 Å². The van der Waals surface area contributed by atoms with Gasteiger partial charge in [-0.15, -0.1) is 0 Å². The summed E-state index contributed by atoms with van der Waals surface area (Å²) in [5.41, 5.74) is 5.62. The Morgan fingerprint density at radius 2 is 2.24 bits per heavy atom. The summed E-state index contributed by atoms with van der Waals surface area (Å²) in [7, 11) is 1.53. The Kier molecular flexibility index (Phi) is 6.76. The number of ether oxygens (including phenoxy) is 2. The third kappa shape index (κ3) is 4.80. The van der Waals surface area contributed by atoms with E-state index in [0.717, 1.165) is 12.8 Å². The van der Waals surface area contributed by atoms with Crippen LogP contribution in [-0.2, 0) is 4.79 Å². The number of amides is 1. The van der Waals surface area contributed by atoms with Gasteiger partial charge in [-0.25, -0.2) is 0 Å². The Hall–Kier alpha value is -2.00. The number of benzene rings is 1. The van der Waals surface area contributed by atoms with Crippen LogP contribution >= 0.6 is 15.9 Å². The summed E-state index contributed by atoms with van der Waals surface area (Å²) in [6, 6.07) is 5.19. The second kappa shape index (κ2) is 8.32. The number of methoxy groups -OCH3 is 1. The zero-order chi connectivity index (χ0) is 15.8. The van der Waals surface area contributed by atoms with Crippen molar-refractivity contribution in [1.82, 2.24) is 0 Å². The molecule has 6 heteroatoms. The molecule has 0 aliphatic rings. The van der Waals surface area contributed by atoms with E-state index in [-0.39, 0.29) is 5.57 Å². The normalized spacial score (nSPS) is 10.9. The number of carbonyl (C=O) groups excluding carboxylic acids is 1. The summed E-state index contributed by atoms with van der Waals surface area (Å²) in [6.45, 7) is 2.67. The summed E-state index contributed by atoms with van der Waals surface area (Å²) in [6.07, 6.45) is 3.38. The topological polar surface area (TPSA) is 85.3 Å². The van der Waals surface area contributed by atoms with Crippen molar-refractivity contribution < 1.29 is 14.3 Å². The van der Waals surface area contributed by atoms with Crippen molar-refractivity contribution in [3.05, 3.63) is 27.7 Å². The number of hydrogen-bond acceptors (Lipinski definition) is 4. The second-order valence-electron chi connectivity index (χ2n) is 4.27. The van der Waals surface area contributed by atoms with E-state index in [1.165, 1.54) is 13.2 Å². The van der Waals surface area contributed by atoms with Gasteiger partial charge in [0.05, 0.1) is 18.2 Å². The molecule has 0 atom stereocenters. The molecular formula is C15H17BrN2O3. The first-order valence-electron chi connectivity index (χ1n) is 6.45. The van der Waals surface area contributed by atoms with Crippen molar-refractivity contribution in [3.8, 4) is 17.6 Å². The molecule has 0 heterocycles. The van der Waals surface area contributed by atoms with Crippen molar-refractivity contribution >= 4 is 27.9 Å². The van der Waals surface area contributed by atoms with Gasteiger partial charge in [-0.05, 0) is 46.1 Å². The molecule has 1 rings (SSSR count). The lowest BCUT2D eigenvalue weighted by Crippen LogP contribution is -2.12. The van der Waals surface area contributed by atoms with E-state index in [2.05, 4.69) is 22.9 Å².